The molecule has 150 valence electrons. The van der Waals surface area contributed by atoms with E-state index in [1.165, 1.54) is 20.3 Å². The summed E-state index contributed by atoms with van der Waals surface area (Å²) in [6.45, 7) is 0. The molecule has 6 nitrogen and oxygen atoms in total. The molecule has 3 aromatic rings. The maximum absolute atomic E-state index is 12.6. The van der Waals surface area contributed by atoms with Gasteiger partial charge in [0.25, 0.3) is 0 Å². The van der Waals surface area contributed by atoms with Gasteiger partial charge in [-0.25, -0.2) is 9.59 Å². The first-order valence-corrected chi connectivity index (χ1v) is 9.26. The van der Waals surface area contributed by atoms with E-state index in [1.807, 2.05) is 54.6 Å². The normalized spacial score (nSPS) is 13.5. The van der Waals surface area contributed by atoms with Gasteiger partial charge in [0, 0.05) is 22.8 Å². The van der Waals surface area contributed by atoms with E-state index in [2.05, 4.69) is 0 Å². The molecule has 1 aliphatic heterocycles. The van der Waals surface area contributed by atoms with E-state index in [1.54, 1.807) is 23.3 Å². The van der Waals surface area contributed by atoms with Crippen LogP contribution in [0.2, 0.25) is 0 Å². The van der Waals surface area contributed by atoms with Crippen molar-refractivity contribution in [2.24, 2.45) is 0 Å². The Balaban J connectivity index is 1.82. The van der Waals surface area contributed by atoms with Crippen LogP contribution in [-0.2, 0) is 19.1 Å². The number of esters is 2. The smallest absolute Gasteiger partial charge is 0.355 e. The summed E-state index contributed by atoms with van der Waals surface area (Å²) in [4.78, 5) is 26.5. The van der Waals surface area contributed by atoms with Crippen molar-refractivity contribution >= 4 is 28.6 Å². The Labute approximate surface area is 173 Å². The quantitative estimate of drug-likeness (QED) is 0.596. The molecule has 0 amide bonds. The molecule has 0 atom stereocenters. The SMILES string of the molecule is COC(=O)C1=C(C(=O)OC)N(c2ccc3oc(-c4ccccc4)cc3c2)C=CC=C1. The molecule has 0 bridgehead atoms. The van der Waals surface area contributed by atoms with Crippen molar-refractivity contribution in [3.8, 4) is 11.3 Å². The Bertz CT molecular complexity index is 1200. The second kappa shape index (κ2) is 8.13. The number of methoxy groups -OCH3 is 2. The molecule has 0 radical (unpaired) electrons. The highest BCUT2D eigenvalue weighted by Crippen LogP contribution is 2.33. The lowest BCUT2D eigenvalue weighted by Gasteiger charge is -2.23. The van der Waals surface area contributed by atoms with Crippen LogP contribution in [0.4, 0.5) is 5.69 Å². The van der Waals surface area contributed by atoms with E-state index in [4.69, 9.17) is 13.9 Å². The van der Waals surface area contributed by atoms with Crippen LogP contribution in [0.5, 0.6) is 0 Å². The molecule has 0 spiro atoms. The van der Waals surface area contributed by atoms with Crippen LogP contribution in [0, 0.1) is 0 Å². The fourth-order valence-electron chi connectivity index (χ4n) is 3.29. The zero-order chi connectivity index (χ0) is 21.1. The number of fused-ring (bicyclic) bond motifs is 1. The summed E-state index contributed by atoms with van der Waals surface area (Å²) >= 11 is 0. The zero-order valence-corrected chi connectivity index (χ0v) is 16.5. The number of anilines is 1. The molecule has 30 heavy (non-hydrogen) atoms. The van der Waals surface area contributed by atoms with Crippen molar-refractivity contribution in [2.45, 2.75) is 0 Å². The molecular weight excluding hydrogens is 382 g/mol. The fourth-order valence-corrected chi connectivity index (χ4v) is 3.29. The minimum atomic E-state index is -0.649. The van der Waals surface area contributed by atoms with E-state index < -0.39 is 11.9 Å². The Kier molecular flexibility index (Phi) is 5.22. The Morgan fingerprint density at radius 3 is 2.40 bits per heavy atom. The predicted octanol–water partition coefficient (Wildman–Crippen LogP) is 4.59. The Morgan fingerprint density at radius 1 is 0.900 bits per heavy atom. The van der Waals surface area contributed by atoms with Crippen molar-refractivity contribution in [3.63, 3.8) is 0 Å². The van der Waals surface area contributed by atoms with Crippen LogP contribution in [-0.4, -0.2) is 26.2 Å². The van der Waals surface area contributed by atoms with Crippen LogP contribution >= 0.6 is 0 Å². The third-order valence-electron chi connectivity index (χ3n) is 4.73. The lowest BCUT2D eigenvalue weighted by atomic mass is 10.1. The summed E-state index contributed by atoms with van der Waals surface area (Å²) in [5.74, 6) is -0.533. The van der Waals surface area contributed by atoms with Crippen molar-refractivity contribution in [1.82, 2.24) is 0 Å². The summed E-state index contributed by atoms with van der Waals surface area (Å²) in [6, 6.07) is 17.3. The van der Waals surface area contributed by atoms with Gasteiger partial charge in [-0.15, -0.1) is 0 Å². The highest BCUT2D eigenvalue weighted by molar-refractivity contribution is 6.05. The molecule has 1 aliphatic rings. The maximum Gasteiger partial charge on any atom is 0.355 e. The van der Waals surface area contributed by atoms with Gasteiger partial charge in [-0.2, -0.15) is 0 Å². The second-order valence-electron chi connectivity index (χ2n) is 6.51. The summed E-state index contributed by atoms with van der Waals surface area (Å²) in [7, 11) is 2.54. The fraction of sp³-hybridized carbons (Fsp3) is 0.0833. The van der Waals surface area contributed by atoms with E-state index in [9.17, 15) is 9.59 Å². The molecule has 0 fully saturated rings. The summed E-state index contributed by atoms with van der Waals surface area (Å²) in [6.07, 6.45) is 6.61. The first kappa shape index (κ1) is 19.3. The van der Waals surface area contributed by atoms with E-state index in [-0.39, 0.29) is 11.3 Å². The number of carbonyl (C=O) groups excluding carboxylic acids is 2. The van der Waals surface area contributed by atoms with E-state index >= 15 is 0 Å². The first-order chi connectivity index (χ1) is 14.6. The van der Waals surface area contributed by atoms with Crippen LogP contribution < -0.4 is 4.90 Å². The molecule has 2 aromatic carbocycles. The van der Waals surface area contributed by atoms with Gasteiger partial charge < -0.3 is 18.8 Å². The number of furan rings is 1. The van der Waals surface area contributed by atoms with Crippen molar-refractivity contribution in [3.05, 3.63) is 90.3 Å². The van der Waals surface area contributed by atoms with Crippen LogP contribution in [0.15, 0.2) is 94.7 Å². The van der Waals surface area contributed by atoms with Gasteiger partial charge in [-0.05, 0) is 36.4 Å². The monoisotopic (exact) mass is 401 g/mol. The number of hydrogen-bond acceptors (Lipinski definition) is 6. The third-order valence-corrected chi connectivity index (χ3v) is 4.73. The van der Waals surface area contributed by atoms with Crippen molar-refractivity contribution in [2.75, 3.05) is 19.1 Å². The summed E-state index contributed by atoms with van der Waals surface area (Å²) < 4.78 is 15.8. The first-order valence-electron chi connectivity index (χ1n) is 9.26. The van der Waals surface area contributed by atoms with Gasteiger partial charge >= 0.3 is 11.9 Å². The number of carbonyl (C=O) groups is 2. The van der Waals surface area contributed by atoms with Gasteiger partial charge in [0.15, 0.2) is 0 Å². The minimum Gasteiger partial charge on any atom is -0.465 e. The number of rotatable bonds is 4. The zero-order valence-electron chi connectivity index (χ0n) is 16.5. The van der Waals surface area contributed by atoms with Crippen molar-refractivity contribution < 1.29 is 23.5 Å². The molecule has 0 N–H and O–H groups in total. The molecule has 4 rings (SSSR count). The molecular formula is C24H19NO5. The van der Waals surface area contributed by atoms with Gasteiger partial charge in [0.05, 0.1) is 19.8 Å². The number of benzene rings is 2. The number of nitrogens with zero attached hydrogens (tertiary/aromatic N) is 1. The molecule has 6 heteroatoms. The molecule has 0 saturated heterocycles. The number of ether oxygens (including phenoxy) is 2. The van der Waals surface area contributed by atoms with Crippen molar-refractivity contribution in [1.29, 1.82) is 0 Å². The van der Waals surface area contributed by atoms with Crippen LogP contribution in [0.25, 0.3) is 22.3 Å². The van der Waals surface area contributed by atoms with Gasteiger partial charge in [-0.3, -0.25) is 0 Å². The lowest BCUT2D eigenvalue weighted by molar-refractivity contribution is -0.139. The molecule has 0 unspecified atom stereocenters. The van der Waals surface area contributed by atoms with Gasteiger partial charge in [0.2, 0.25) is 0 Å². The molecule has 1 aromatic heterocycles. The summed E-state index contributed by atoms with van der Waals surface area (Å²) in [5, 5.41) is 0.862. The standard InChI is InChI=1S/C24H19NO5/c1-28-23(26)19-10-6-7-13-25(22(19)24(27)29-2)18-11-12-20-17(14-18)15-21(30-20)16-8-4-3-5-9-16/h3-15H,1-2H3. The Hall–Kier alpha value is -4.06. The van der Waals surface area contributed by atoms with E-state index in [0.717, 1.165) is 16.7 Å². The minimum absolute atomic E-state index is 0.0699. The average molecular weight is 401 g/mol. The van der Waals surface area contributed by atoms with E-state index in [0.29, 0.717) is 11.3 Å². The third kappa shape index (κ3) is 3.51. The highest BCUT2D eigenvalue weighted by atomic mass is 16.5. The largest absolute Gasteiger partial charge is 0.465 e. The van der Waals surface area contributed by atoms with Crippen LogP contribution in [0.3, 0.4) is 0 Å². The second-order valence-corrected chi connectivity index (χ2v) is 6.51. The maximum atomic E-state index is 12.6. The molecule has 0 aliphatic carbocycles. The average Bonchev–Trinajstić information content (AvgIpc) is 3.09. The predicted molar refractivity (Wildman–Crippen MR) is 113 cm³/mol. The molecule has 0 saturated carbocycles. The topological polar surface area (TPSA) is 69.0 Å². The molecule has 2 heterocycles. The number of allylic oxidation sites excluding steroid dienone is 2. The Morgan fingerprint density at radius 2 is 1.67 bits per heavy atom. The highest BCUT2D eigenvalue weighted by Gasteiger charge is 2.27. The van der Waals surface area contributed by atoms with Gasteiger partial charge in [-0.1, -0.05) is 36.4 Å². The number of hydrogen-bond donors (Lipinski definition) is 0. The lowest BCUT2D eigenvalue weighted by Crippen LogP contribution is -2.26. The summed E-state index contributed by atoms with van der Waals surface area (Å²) in [5.41, 5.74) is 2.53. The van der Waals surface area contributed by atoms with Crippen LogP contribution in [0.1, 0.15) is 0 Å². The van der Waals surface area contributed by atoms with Gasteiger partial charge in [0.1, 0.15) is 17.0 Å².